The SMILES string of the molecule is CC(c1ccco1)N(C(=O)NCC#Cc1ccccc1)C1CC1. The highest BCUT2D eigenvalue weighted by molar-refractivity contribution is 5.75. The molecule has 0 saturated heterocycles. The largest absolute Gasteiger partial charge is 0.467 e. The molecule has 1 unspecified atom stereocenters. The topological polar surface area (TPSA) is 45.5 Å². The van der Waals surface area contributed by atoms with Gasteiger partial charge in [-0.25, -0.2) is 4.79 Å². The maximum Gasteiger partial charge on any atom is 0.319 e. The van der Waals surface area contributed by atoms with Crippen LogP contribution in [0.5, 0.6) is 0 Å². The number of furan rings is 1. The van der Waals surface area contributed by atoms with Crippen LogP contribution in [0.3, 0.4) is 0 Å². The van der Waals surface area contributed by atoms with Gasteiger partial charge in [-0.1, -0.05) is 30.0 Å². The summed E-state index contributed by atoms with van der Waals surface area (Å²) in [6, 6.07) is 13.6. The van der Waals surface area contributed by atoms with Crippen molar-refractivity contribution in [2.45, 2.75) is 31.8 Å². The zero-order chi connectivity index (χ0) is 16.1. The van der Waals surface area contributed by atoms with Crippen LogP contribution < -0.4 is 5.32 Å². The summed E-state index contributed by atoms with van der Waals surface area (Å²) >= 11 is 0. The van der Waals surface area contributed by atoms with Gasteiger partial charge in [0.15, 0.2) is 0 Å². The Morgan fingerprint density at radius 3 is 2.74 bits per heavy atom. The smallest absolute Gasteiger partial charge is 0.319 e. The Morgan fingerprint density at radius 1 is 1.30 bits per heavy atom. The van der Waals surface area contributed by atoms with Gasteiger partial charge in [-0.3, -0.25) is 0 Å². The minimum atomic E-state index is -0.0845. The fourth-order valence-electron chi connectivity index (χ4n) is 2.56. The number of nitrogens with one attached hydrogen (secondary N) is 1. The molecule has 1 saturated carbocycles. The van der Waals surface area contributed by atoms with Crippen molar-refractivity contribution in [3.05, 3.63) is 60.1 Å². The molecule has 1 aromatic heterocycles. The lowest BCUT2D eigenvalue weighted by Crippen LogP contribution is -2.42. The van der Waals surface area contributed by atoms with Crippen molar-refractivity contribution >= 4 is 6.03 Å². The highest BCUT2D eigenvalue weighted by Crippen LogP contribution is 2.34. The summed E-state index contributed by atoms with van der Waals surface area (Å²) in [6.45, 7) is 2.33. The molecule has 23 heavy (non-hydrogen) atoms. The first-order valence-electron chi connectivity index (χ1n) is 7.89. The number of amides is 2. The summed E-state index contributed by atoms with van der Waals surface area (Å²) in [7, 11) is 0. The van der Waals surface area contributed by atoms with Crippen LogP contribution in [-0.2, 0) is 0 Å². The third kappa shape index (κ3) is 3.95. The van der Waals surface area contributed by atoms with Gasteiger partial charge in [-0.2, -0.15) is 0 Å². The van der Waals surface area contributed by atoms with Crippen molar-refractivity contribution in [3.63, 3.8) is 0 Å². The fraction of sp³-hybridized carbons (Fsp3) is 0.316. The molecule has 118 valence electrons. The first-order valence-corrected chi connectivity index (χ1v) is 7.89. The molecule has 4 nitrogen and oxygen atoms in total. The highest BCUT2D eigenvalue weighted by Gasteiger charge is 2.37. The lowest BCUT2D eigenvalue weighted by atomic mass is 10.2. The van der Waals surface area contributed by atoms with Crippen molar-refractivity contribution in [3.8, 4) is 11.8 Å². The van der Waals surface area contributed by atoms with Gasteiger partial charge in [0, 0.05) is 11.6 Å². The van der Waals surface area contributed by atoms with Gasteiger partial charge >= 0.3 is 6.03 Å². The minimum absolute atomic E-state index is 0.0698. The van der Waals surface area contributed by atoms with Gasteiger partial charge in [0.1, 0.15) is 5.76 Å². The van der Waals surface area contributed by atoms with E-state index in [0.717, 1.165) is 24.2 Å². The van der Waals surface area contributed by atoms with Crippen LogP contribution in [0.4, 0.5) is 4.79 Å². The predicted molar refractivity (Wildman–Crippen MR) is 88.7 cm³/mol. The number of hydrogen-bond donors (Lipinski definition) is 1. The summed E-state index contributed by atoms with van der Waals surface area (Å²) in [5.74, 6) is 6.84. The number of rotatable bonds is 4. The maximum atomic E-state index is 12.5. The van der Waals surface area contributed by atoms with E-state index >= 15 is 0 Å². The molecule has 1 fully saturated rings. The van der Waals surface area contributed by atoms with Crippen LogP contribution in [0.25, 0.3) is 0 Å². The molecule has 1 N–H and O–H groups in total. The zero-order valence-electron chi connectivity index (χ0n) is 13.2. The lowest BCUT2D eigenvalue weighted by Gasteiger charge is -2.27. The molecular weight excluding hydrogens is 288 g/mol. The van der Waals surface area contributed by atoms with Crippen LogP contribution in [0.15, 0.2) is 53.1 Å². The summed E-state index contributed by atoms with van der Waals surface area (Å²) in [4.78, 5) is 14.3. The normalized spacial score (nSPS) is 14.5. The van der Waals surface area contributed by atoms with Gasteiger partial charge in [-0.15, -0.1) is 0 Å². The van der Waals surface area contributed by atoms with Crippen LogP contribution >= 0.6 is 0 Å². The van der Waals surface area contributed by atoms with E-state index in [1.165, 1.54) is 0 Å². The van der Waals surface area contributed by atoms with E-state index < -0.39 is 0 Å². The molecule has 1 aliphatic carbocycles. The summed E-state index contributed by atoms with van der Waals surface area (Å²) in [5.41, 5.74) is 0.949. The lowest BCUT2D eigenvalue weighted by molar-refractivity contribution is 0.167. The minimum Gasteiger partial charge on any atom is -0.467 e. The van der Waals surface area contributed by atoms with Crippen molar-refractivity contribution < 1.29 is 9.21 Å². The first-order chi connectivity index (χ1) is 11.3. The van der Waals surface area contributed by atoms with E-state index in [1.807, 2.05) is 54.3 Å². The van der Waals surface area contributed by atoms with Gasteiger partial charge in [0.05, 0.1) is 18.8 Å². The molecule has 2 aromatic rings. The second kappa shape index (κ2) is 7.06. The van der Waals surface area contributed by atoms with Gasteiger partial charge < -0.3 is 14.6 Å². The zero-order valence-corrected chi connectivity index (χ0v) is 13.2. The van der Waals surface area contributed by atoms with E-state index in [2.05, 4.69) is 17.2 Å². The average molecular weight is 308 g/mol. The first kappa shape index (κ1) is 15.2. The number of carbonyl (C=O) groups is 1. The van der Waals surface area contributed by atoms with E-state index in [9.17, 15) is 4.79 Å². The number of hydrogen-bond acceptors (Lipinski definition) is 2. The highest BCUT2D eigenvalue weighted by atomic mass is 16.3. The predicted octanol–water partition coefficient (Wildman–Crippen LogP) is 3.57. The molecule has 1 aliphatic rings. The second-order valence-corrected chi connectivity index (χ2v) is 5.66. The van der Waals surface area contributed by atoms with E-state index in [1.54, 1.807) is 6.26 Å². The van der Waals surface area contributed by atoms with Crippen LogP contribution in [-0.4, -0.2) is 23.5 Å². The van der Waals surface area contributed by atoms with Gasteiger partial charge in [0.2, 0.25) is 0 Å². The molecule has 2 amide bonds. The Bertz CT molecular complexity index is 694. The molecule has 3 rings (SSSR count). The Balaban J connectivity index is 1.58. The van der Waals surface area contributed by atoms with Crippen LogP contribution in [0.2, 0.25) is 0 Å². The Kier molecular flexibility index (Phi) is 4.68. The van der Waals surface area contributed by atoms with Crippen LogP contribution in [0.1, 0.15) is 37.1 Å². The molecule has 1 atom stereocenters. The van der Waals surface area contributed by atoms with Crippen molar-refractivity contribution in [2.75, 3.05) is 6.54 Å². The summed E-state index contributed by atoms with van der Waals surface area (Å²) < 4.78 is 5.44. The molecule has 0 bridgehead atoms. The number of carbonyl (C=O) groups excluding carboxylic acids is 1. The third-order valence-corrected chi connectivity index (χ3v) is 3.88. The van der Waals surface area contributed by atoms with Crippen molar-refractivity contribution in [1.29, 1.82) is 0 Å². The third-order valence-electron chi connectivity index (χ3n) is 3.88. The summed E-state index contributed by atoms with van der Waals surface area (Å²) in [5, 5.41) is 2.89. The van der Waals surface area contributed by atoms with Gasteiger partial charge in [0.25, 0.3) is 0 Å². The van der Waals surface area contributed by atoms with Gasteiger partial charge in [-0.05, 0) is 44.0 Å². The van der Waals surface area contributed by atoms with Crippen LogP contribution in [0, 0.1) is 11.8 Å². The maximum absolute atomic E-state index is 12.5. The van der Waals surface area contributed by atoms with Crippen molar-refractivity contribution in [1.82, 2.24) is 10.2 Å². The summed E-state index contributed by atoms with van der Waals surface area (Å²) in [6.07, 6.45) is 3.74. The standard InChI is InChI=1S/C19H20N2O2/c1-15(18-10-6-14-23-18)21(17-11-12-17)19(22)20-13-5-9-16-7-3-2-4-8-16/h2-4,6-8,10,14-15,17H,11-13H2,1H3,(H,20,22). The Morgan fingerprint density at radius 2 is 2.09 bits per heavy atom. The quantitative estimate of drug-likeness (QED) is 0.878. The monoisotopic (exact) mass is 308 g/mol. The van der Waals surface area contributed by atoms with Crippen molar-refractivity contribution in [2.24, 2.45) is 0 Å². The average Bonchev–Trinajstić information content (AvgIpc) is 3.24. The molecular formula is C19H20N2O2. The second-order valence-electron chi connectivity index (χ2n) is 5.66. The molecule has 0 radical (unpaired) electrons. The molecule has 1 heterocycles. The van der Waals surface area contributed by atoms with E-state index in [-0.39, 0.29) is 12.1 Å². The number of urea groups is 1. The fourth-order valence-corrected chi connectivity index (χ4v) is 2.56. The van der Waals surface area contributed by atoms with E-state index in [0.29, 0.717) is 12.6 Å². The van der Waals surface area contributed by atoms with E-state index in [4.69, 9.17) is 4.42 Å². The molecule has 0 aliphatic heterocycles. The number of benzene rings is 1. The number of nitrogens with zero attached hydrogens (tertiary/aromatic N) is 1. The molecule has 0 spiro atoms. The Labute approximate surface area is 136 Å². The molecule has 4 heteroatoms. The Hall–Kier alpha value is -2.67. The molecule has 1 aromatic carbocycles.